The Morgan fingerprint density at radius 2 is 2.22 bits per heavy atom. The highest BCUT2D eigenvalue weighted by Crippen LogP contribution is 2.49. The first-order valence-electron chi connectivity index (χ1n) is 7.71. The molecule has 5 heteroatoms. The van der Waals surface area contributed by atoms with E-state index in [9.17, 15) is 9.90 Å². The summed E-state index contributed by atoms with van der Waals surface area (Å²) in [5.41, 5.74) is 1.46. The molecule has 1 aliphatic carbocycles. The molecule has 1 fully saturated rings. The monoisotopic (exact) mass is 315 g/mol. The second-order valence-electron chi connectivity index (χ2n) is 5.99. The highest BCUT2D eigenvalue weighted by Gasteiger charge is 2.52. The van der Waals surface area contributed by atoms with Crippen molar-refractivity contribution in [3.05, 3.63) is 53.5 Å². The Labute approximate surface area is 135 Å². The standard InChI is InChI=1S/C18H21NO4/c1-12-5-6-13(10-16(12)22-2)18(7-8-18)17(21)19-14(11-20)15-4-3-9-23-15/h3-6,9-10,14,20H,7-8,11H2,1-2H3,(H,19,21). The van der Waals surface area contributed by atoms with Crippen molar-refractivity contribution in [2.75, 3.05) is 13.7 Å². The number of hydrogen-bond acceptors (Lipinski definition) is 4. The lowest BCUT2D eigenvalue weighted by atomic mass is 9.93. The number of hydrogen-bond donors (Lipinski definition) is 2. The van der Waals surface area contributed by atoms with Gasteiger partial charge in [0.1, 0.15) is 17.6 Å². The van der Waals surface area contributed by atoms with Crippen LogP contribution in [0.2, 0.25) is 0 Å². The smallest absolute Gasteiger partial charge is 0.231 e. The van der Waals surface area contributed by atoms with E-state index in [0.29, 0.717) is 5.76 Å². The molecule has 1 unspecified atom stereocenters. The van der Waals surface area contributed by atoms with Gasteiger partial charge in [0.05, 0.1) is 25.4 Å². The molecule has 5 nitrogen and oxygen atoms in total. The Morgan fingerprint density at radius 1 is 1.43 bits per heavy atom. The molecule has 0 radical (unpaired) electrons. The lowest BCUT2D eigenvalue weighted by Gasteiger charge is -2.21. The fourth-order valence-electron chi connectivity index (χ4n) is 2.88. The zero-order valence-corrected chi connectivity index (χ0v) is 13.3. The van der Waals surface area contributed by atoms with Crippen LogP contribution in [0.1, 0.15) is 35.8 Å². The SMILES string of the molecule is COc1cc(C2(C(=O)NC(CO)c3ccco3)CC2)ccc1C. The van der Waals surface area contributed by atoms with Crippen LogP contribution < -0.4 is 10.1 Å². The largest absolute Gasteiger partial charge is 0.496 e. The van der Waals surface area contributed by atoms with E-state index in [2.05, 4.69) is 5.32 Å². The summed E-state index contributed by atoms with van der Waals surface area (Å²) in [7, 11) is 1.63. The van der Waals surface area contributed by atoms with Crippen molar-refractivity contribution in [3.8, 4) is 5.75 Å². The third-order valence-electron chi connectivity index (χ3n) is 4.52. The van der Waals surface area contributed by atoms with E-state index < -0.39 is 11.5 Å². The molecule has 3 rings (SSSR count). The fraction of sp³-hybridized carbons (Fsp3) is 0.389. The van der Waals surface area contributed by atoms with Crippen LogP contribution in [0.3, 0.4) is 0 Å². The summed E-state index contributed by atoms with van der Waals surface area (Å²) < 4.78 is 10.6. The molecule has 1 aromatic heterocycles. The summed E-state index contributed by atoms with van der Waals surface area (Å²) in [6.45, 7) is 1.77. The number of nitrogens with one attached hydrogen (secondary N) is 1. The van der Waals surface area contributed by atoms with Crippen molar-refractivity contribution in [3.63, 3.8) is 0 Å². The van der Waals surface area contributed by atoms with Crippen LogP contribution in [0.4, 0.5) is 0 Å². The molecule has 1 heterocycles. The van der Waals surface area contributed by atoms with Crippen molar-refractivity contribution in [2.45, 2.75) is 31.2 Å². The van der Waals surface area contributed by atoms with Gasteiger partial charge in [-0.3, -0.25) is 4.79 Å². The Hall–Kier alpha value is -2.27. The first kappa shape index (κ1) is 15.6. The minimum absolute atomic E-state index is 0.0844. The molecule has 2 N–H and O–H groups in total. The van der Waals surface area contributed by atoms with Crippen molar-refractivity contribution in [2.24, 2.45) is 0 Å². The van der Waals surface area contributed by atoms with Gasteiger partial charge in [0.2, 0.25) is 5.91 Å². The van der Waals surface area contributed by atoms with Gasteiger partial charge in [-0.15, -0.1) is 0 Å². The number of aliphatic hydroxyl groups excluding tert-OH is 1. The first-order chi connectivity index (χ1) is 11.1. The number of furan rings is 1. The van der Waals surface area contributed by atoms with E-state index in [1.165, 1.54) is 6.26 Å². The van der Waals surface area contributed by atoms with Gasteiger partial charge in [-0.05, 0) is 49.1 Å². The summed E-state index contributed by atoms with van der Waals surface area (Å²) in [5, 5.41) is 12.4. The van der Waals surface area contributed by atoms with Crippen LogP contribution in [0.25, 0.3) is 0 Å². The average Bonchev–Trinajstić information content (AvgIpc) is 3.20. The summed E-state index contributed by atoms with van der Waals surface area (Å²) in [6.07, 6.45) is 3.12. The number of carbonyl (C=O) groups excluding carboxylic acids is 1. The van der Waals surface area contributed by atoms with Gasteiger partial charge in [0, 0.05) is 0 Å². The number of aliphatic hydroxyl groups is 1. The molecular formula is C18H21NO4. The number of aryl methyl sites for hydroxylation is 1. The van der Waals surface area contributed by atoms with Gasteiger partial charge in [-0.2, -0.15) is 0 Å². The second kappa shape index (κ2) is 6.08. The molecule has 122 valence electrons. The van der Waals surface area contributed by atoms with E-state index >= 15 is 0 Å². The maximum Gasteiger partial charge on any atom is 0.231 e. The quantitative estimate of drug-likeness (QED) is 0.859. The summed E-state index contributed by atoms with van der Waals surface area (Å²) >= 11 is 0. The van der Waals surface area contributed by atoms with E-state index in [-0.39, 0.29) is 12.5 Å². The maximum absolute atomic E-state index is 12.8. The van der Waals surface area contributed by atoms with Gasteiger partial charge in [0.25, 0.3) is 0 Å². The number of ether oxygens (including phenoxy) is 1. The minimum Gasteiger partial charge on any atom is -0.496 e. The minimum atomic E-state index is -0.527. The topological polar surface area (TPSA) is 71.7 Å². The van der Waals surface area contributed by atoms with E-state index in [1.54, 1.807) is 19.2 Å². The lowest BCUT2D eigenvalue weighted by Crippen LogP contribution is -2.38. The van der Waals surface area contributed by atoms with Gasteiger partial charge < -0.3 is 19.6 Å². The molecule has 1 saturated carbocycles. The predicted molar refractivity (Wildman–Crippen MR) is 85.3 cm³/mol. The van der Waals surface area contributed by atoms with E-state index in [4.69, 9.17) is 9.15 Å². The number of amides is 1. The van der Waals surface area contributed by atoms with Crippen molar-refractivity contribution in [1.82, 2.24) is 5.32 Å². The third kappa shape index (κ3) is 2.84. The molecular weight excluding hydrogens is 294 g/mol. The molecule has 1 amide bonds. The Kier molecular flexibility index (Phi) is 4.13. The molecule has 1 aromatic carbocycles. The molecule has 1 aliphatic rings. The Balaban J connectivity index is 1.81. The lowest BCUT2D eigenvalue weighted by molar-refractivity contribution is -0.124. The molecule has 0 spiro atoms. The predicted octanol–water partition coefficient (Wildman–Crippen LogP) is 2.48. The van der Waals surface area contributed by atoms with Crippen molar-refractivity contribution < 1.29 is 19.1 Å². The number of rotatable bonds is 6. The van der Waals surface area contributed by atoms with Crippen LogP contribution >= 0.6 is 0 Å². The van der Waals surface area contributed by atoms with Crippen LogP contribution in [0, 0.1) is 6.92 Å². The van der Waals surface area contributed by atoms with Gasteiger partial charge >= 0.3 is 0 Å². The van der Waals surface area contributed by atoms with E-state index in [0.717, 1.165) is 29.7 Å². The normalized spacial score (nSPS) is 16.7. The summed E-state index contributed by atoms with van der Waals surface area (Å²) in [6, 6.07) is 8.84. The zero-order valence-electron chi connectivity index (χ0n) is 13.3. The van der Waals surface area contributed by atoms with Crippen molar-refractivity contribution in [1.29, 1.82) is 0 Å². The number of carbonyl (C=O) groups is 1. The fourth-order valence-corrected chi connectivity index (χ4v) is 2.88. The highest BCUT2D eigenvalue weighted by molar-refractivity contribution is 5.91. The van der Waals surface area contributed by atoms with Gasteiger partial charge in [-0.1, -0.05) is 12.1 Å². The van der Waals surface area contributed by atoms with Crippen molar-refractivity contribution >= 4 is 5.91 Å². The molecule has 0 bridgehead atoms. The average molecular weight is 315 g/mol. The maximum atomic E-state index is 12.8. The number of benzene rings is 1. The first-order valence-corrected chi connectivity index (χ1v) is 7.71. The van der Waals surface area contributed by atoms with Gasteiger partial charge in [-0.25, -0.2) is 0 Å². The van der Waals surface area contributed by atoms with Crippen LogP contribution in [0.15, 0.2) is 41.0 Å². The zero-order chi connectivity index (χ0) is 16.4. The Morgan fingerprint density at radius 3 is 2.78 bits per heavy atom. The van der Waals surface area contributed by atoms with Crippen LogP contribution in [-0.4, -0.2) is 24.7 Å². The van der Waals surface area contributed by atoms with Gasteiger partial charge in [0.15, 0.2) is 0 Å². The van der Waals surface area contributed by atoms with Crippen LogP contribution in [-0.2, 0) is 10.2 Å². The van der Waals surface area contributed by atoms with Crippen LogP contribution in [0.5, 0.6) is 5.75 Å². The summed E-state index contributed by atoms with van der Waals surface area (Å²) in [4.78, 5) is 12.8. The number of methoxy groups -OCH3 is 1. The molecule has 0 saturated heterocycles. The highest BCUT2D eigenvalue weighted by atomic mass is 16.5. The molecule has 1 atom stereocenters. The van der Waals surface area contributed by atoms with E-state index in [1.807, 2.05) is 25.1 Å². The third-order valence-corrected chi connectivity index (χ3v) is 4.52. The molecule has 23 heavy (non-hydrogen) atoms. The molecule has 0 aliphatic heterocycles. The summed E-state index contributed by atoms with van der Waals surface area (Å²) in [5.74, 6) is 1.25. The Bertz CT molecular complexity index is 689. The molecule has 2 aromatic rings. The second-order valence-corrected chi connectivity index (χ2v) is 5.99.